The number of hydrogen-bond acceptors (Lipinski definition) is 3. The molecule has 1 heterocycles. The van der Waals surface area contributed by atoms with Crippen LogP contribution in [0.5, 0.6) is 0 Å². The summed E-state index contributed by atoms with van der Waals surface area (Å²) >= 11 is 0. The first kappa shape index (κ1) is 16.9. The fraction of sp³-hybridized carbons (Fsp3) is 0.438. The van der Waals surface area contributed by atoms with E-state index in [1.165, 1.54) is 32.0 Å². The van der Waals surface area contributed by atoms with Gasteiger partial charge in [0.05, 0.1) is 5.69 Å². The molecule has 0 atom stereocenters. The van der Waals surface area contributed by atoms with Gasteiger partial charge in [-0.1, -0.05) is 12.1 Å². The number of nitrogens with zero attached hydrogens (tertiary/aromatic N) is 3. The molecule has 0 aromatic heterocycles. The molecule has 1 saturated heterocycles. The number of piperazine rings is 1. The van der Waals surface area contributed by atoms with E-state index in [1.807, 2.05) is 0 Å². The van der Waals surface area contributed by atoms with Gasteiger partial charge in [0.25, 0.3) is 0 Å². The van der Waals surface area contributed by atoms with E-state index >= 15 is 0 Å². The number of para-hydroxylation sites is 1. The van der Waals surface area contributed by atoms with Crippen molar-refractivity contribution < 1.29 is 18.8 Å². The van der Waals surface area contributed by atoms with Gasteiger partial charge < -0.3 is 14.7 Å². The maximum Gasteiger partial charge on any atom is 0.242 e. The van der Waals surface area contributed by atoms with Gasteiger partial charge in [0, 0.05) is 40.0 Å². The molecule has 124 valence electrons. The van der Waals surface area contributed by atoms with E-state index in [-0.39, 0.29) is 24.0 Å². The summed E-state index contributed by atoms with van der Waals surface area (Å²) in [5.74, 6) is -1.22. The first-order chi connectivity index (χ1) is 10.9. The minimum atomic E-state index is -0.545. The molecule has 23 heavy (non-hydrogen) atoms. The van der Waals surface area contributed by atoms with Crippen LogP contribution in [0.4, 0.5) is 10.1 Å². The van der Waals surface area contributed by atoms with E-state index in [9.17, 15) is 18.8 Å². The second kappa shape index (κ2) is 7.21. The van der Waals surface area contributed by atoms with E-state index in [0.717, 1.165) is 4.90 Å². The van der Waals surface area contributed by atoms with Gasteiger partial charge in [-0.25, -0.2) is 4.39 Å². The number of carbonyl (C=O) groups is 3. The monoisotopic (exact) mass is 321 g/mol. The minimum Gasteiger partial charge on any atom is -0.339 e. The maximum absolute atomic E-state index is 13.9. The van der Waals surface area contributed by atoms with Gasteiger partial charge in [-0.3, -0.25) is 14.4 Å². The summed E-state index contributed by atoms with van der Waals surface area (Å²) in [4.78, 5) is 39.9. The molecule has 6 nitrogen and oxygen atoms in total. The molecule has 1 aromatic rings. The van der Waals surface area contributed by atoms with Crippen LogP contribution >= 0.6 is 0 Å². The predicted octanol–water partition coefficient (Wildman–Crippen LogP) is 0.869. The van der Waals surface area contributed by atoms with E-state index in [1.54, 1.807) is 15.9 Å². The number of anilines is 1. The van der Waals surface area contributed by atoms with E-state index in [4.69, 9.17) is 0 Å². The topological polar surface area (TPSA) is 60.9 Å². The van der Waals surface area contributed by atoms with Crippen molar-refractivity contribution in [3.05, 3.63) is 30.1 Å². The largest absolute Gasteiger partial charge is 0.339 e. The van der Waals surface area contributed by atoms with Gasteiger partial charge in [-0.15, -0.1) is 0 Å². The van der Waals surface area contributed by atoms with Crippen molar-refractivity contribution in [2.75, 3.05) is 37.6 Å². The lowest BCUT2D eigenvalue weighted by molar-refractivity contribution is -0.137. The number of carbonyl (C=O) groups excluding carboxylic acids is 3. The van der Waals surface area contributed by atoms with E-state index in [0.29, 0.717) is 26.2 Å². The summed E-state index contributed by atoms with van der Waals surface area (Å²) in [7, 11) is 0. The predicted molar refractivity (Wildman–Crippen MR) is 83.3 cm³/mol. The fourth-order valence-electron chi connectivity index (χ4n) is 2.54. The number of benzene rings is 1. The molecular formula is C16H20FN3O3. The number of rotatable bonds is 3. The Morgan fingerprint density at radius 2 is 1.61 bits per heavy atom. The molecule has 2 rings (SSSR count). The van der Waals surface area contributed by atoms with Crippen molar-refractivity contribution in [3.63, 3.8) is 0 Å². The molecule has 0 N–H and O–H groups in total. The Hall–Kier alpha value is -2.44. The van der Waals surface area contributed by atoms with Crippen molar-refractivity contribution in [1.29, 1.82) is 0 Å². The summed E-state index contributed by atoms with van der Waals surface area (Å²) in [5, 5.41) is 0. The average Bonchev–Trinajstić information content (AvgIpc) is 2.53. The first-order valence-corrected chi connectivity index (χ1v) is 7.46. The molecule has 0 unspecified atom stereocenters. The number of halogens is 1. The van der Waals surface area contributed by atoms with Gasteiger partial charge in [0.2, 0.25) is 17.7 Å². The van der Waals surface area contributed by atoms with E-state index in [2.05, 4.69) is 0 Å². The van der Waals surface area contributed by atoms with Crippen LogP contribution in [0.25, 0.3) is 0 Å². The normalized spacial score (nSPS) is 14.6. The zero-order valence-electron chi connectivity index (χ0n) is 13.3. The van der Waals surface area contributed by atoms with Gasteiger partial charge in [0.15, 0.2) is 0 Å². The van der Waals surface area contributed by atoms with Crippen LogP contribution in [0.3, 0.4) is 0 Å². The third kappa shape index (κ3) is 4.06. The number of hydrogen-bond donors (Lipinski definition) is 0. The third-order valence-corrected chi connectivity index (χ3v) is 3.89. The average molecular weight is 321 g/mol. The summed E-state index contributed by atoms with van der Waals surface area (Å²) in [6.07, 6.45) is 0. The van der Waals surface area contributed by atoms with Crippen molar-refractivity contribution >= 4 is 23.4 Å². The van der Waals surface area contributed by atoms with Crippen molar-refractivity contribution in [2.45, 2.75) is 13.8 Å². The molecule has 3 amide bonds. The van der Waals surface area contributed by atoms with Crippen LogP contribution in [-0.4, -0.2) is 60.2 Å². The smallest absolute Gasteiger partial charge is 0.242 e. The highest BCUT2D eigenvalue weighted by Crippen LogP contribution is 2.19. The Morgan fingerprint density at radius 1 is 1.04 bits per heavy atom. The zero-order chi connectivity index (χ0) is 17.0. The zero-order valence-corrected chi connectivity index (χ0v) is 13.3. The third-order valence-electron chi connectivity index (χ3n) is 3.89. The molecular weight excluding hydrogens is 301 g/mol. The lowest BCUT2D eigenvalue weighted by Gasteiger charge is -2.35. The Kier molecular flexibility index (Phi) is 5.31. The minimum absolute atomic E-state index is 0.0196. The highest BCUT2D eigenvalue weighted by molar-refractivity contribution is 5.97. The summed E-state index contributed by atoms with van der Waals surface area (Å²) in [6.45, 7) is 4.36. The summed E-state index contributed by atoms with van der Waals surface area (Å²) in [6, 6.07) is 5.86. The first-order valence-electron chi connectivity index (χ1n) is 7.46. The second-order valence-electron chi connectivity index (χ2n) is 5.44. The van der Waals surface area contributed by atoms with Gasteiger partial charge >= 0.3 is 0 Å². The molecule has 0 aliphatic carbocycles. The highest BCUT2D eigenvalue weighted by atomic mass is 19.1. The van der Waals surface area contributed by atoms with Crippen LogP contribution in [0, 0.1) is 5.82 Å². The lowest BCUT2D eigenvalue weighted by atomic mass is 10.2. The quantitative estimate of drug-likeness (QED) is 0.830. The van der Waals surface area contributed by atoms with Crippen LogP contribution in [0.15, 0.2) is 24.3 Å². The van der Waals surface area contributed by atoms with Gasteiger partial charge in [-0.05, 0) is 12.1 Å². The Balaban J connectivity index is 2.04. The molecule has 0 saturated carbocycles. The van der Waals surface area contributed by atoms with Crippen LogP contribution in [-0.2, 0) is 14.4 Å². The van der Waals surface area contributed by atoms with Crippen molar-refractivity contribution in [1.82, 2.24) is 9.80 Å². The lowest BCUT2D eigenvalue weighted by Crippen LogP contribution is -2.52. The standard InChI is InChI=1S/C16H20FN3O3/c1-12(21)18-7-9-19(10-8-18)16(23)11-20(13(2)22)15-6-4-3-5-14(15)17/h3-6H,7-11H2,1-2H3. The molecule has 1 aromatic carbocycles. The van der Waals surface area contributed by atoms with Crippen molar-refractivity contribution in [2.24, 2.45) is 0 Å². The number of amides is 3. The summed E-state index contributed by atoms with van der Waals surface area (Å²) < 4.78 is 13.9. The fourth-order valence-corrected chi connectivity index (χ4v) is 2.54. The van der Waals surface area contributed by atoms with Gasteiger partial charge in [0.1, 0.15) is 12.4 Å². The molecule has 1 fully saturated rings. The van der Waals surface area contributed by atoms with Crippen molar-refractivity contribution in [3.8, 4) is 0 Å². The molecule has 0 spiro atoms. The molecule has 0 radical (unpaired) electrons. The van der Waals surface area contributed by atoms with Crippen LogP contribution in [0.1, 0.15) is 13.8 Å². The molecule has 0 bridgehead atoms. The van der Waals surface area contributed by atoms with Gasteiger partial charge in [-0.2, -0.15) is 0 Å². The highest BCUT2D eigenvalue weighted by Gasteiger charge is 2.26. The van der Waals surface area contributed by atoms with Crippen LogP contribution < -0.4 is 4.90 Å². The maximum atomic E-state index is 13.9. The molecule has 7 heteroatoms. The molecule has 1 aliphatic heterocycles. The SMILES string of the molecule is CC(=O)N1CCN(C(=O)CN(C(C)=O)c2ccccc2F)CC1. The summed E-state index contributed by atoms with van der Waals surface area (Å²) in [5.41, 5.74) is 0.0933. The Morgan fingerprint density at radius 3 is 2.13 bits per heavy atom. The Bertz CT molecular complexity index is 612. The second-order valence-corrected chi connectivity index (χ2v) is 5.44. The van der Waals surface area contributed by atoms with Crippen LogP contribution in [0.2, 0.25) is 0 Å². The molecule has 1 aliphatic rings. The Labute approximate surface area is 134 Å². The van der Waals surface area contributed by atoms with E-state index < -0.39 is 11.7 Å².